The number of aryl methyl sites for hydroxylation is 2. The average molecular weight is 346 g/mol. The number of aliphatic hydroxyl groups is 1. The van der Waals surface area contributed by atoms with Crippen LogP contribution in [0.15, 0.2) is 29.6 Å². The first-order valence-corrected chi connectivity index (χ1v) is 9.50. The molecule has 1 saturated heterocycles. The maximum atomic E-state index is 10.3. The Morgan fingerprint density at radius 3 is 2.71 bits per heavy atom. The molecule has 0 spiro atoms. The van der Waals surface area contributed by atoms with Crippen molar-refractivity contribution in [3.8, 4) is 5.75 Å². The number of nitrogens with zero attached hydrogens (tertiary/aromatic N) is 2. The van der Waals surface area contributed by atoms with Crippen LogP contribution in [-0.4, -0.2) is 47.3 Å². The molecule has 1 N–H and O–H groups in total. The molecule has 0 bridgehead atoms. The molecule has 3 rings (SSSR count). The van der Waals surface area contributed by atoms with Gasteiger partial charge in [-0.3, -0.25) is 0 Å². The SMILES string of the molecule is Cc1csc(C2CCN(CC(O)COc3ccccc3C)CC2)n1. The molecule has 1 aromatic heterocycles. The molecule has 0 saturated carbocycles. The van der Waals surface area contributed by atoms with E-state index >= 15 is 0 Å². The molecule has 0 aliphatic carbocycles. The fourth-order valence-electron chi connectivity index (χ4n) is 3.18. The molecular weight excluding hydrogens is 320 g/mol. The van der Waals surface area contributed by atoms with Gasteiger partial charge in [0.15, 0.2) is 0 Å². The summed E-state index contributed by atoms with van der Waals surface area (Å²) < 4.78 is 5.75. The number of hydrogen-bond donors (Lipinski definition) is 1. The van der Waals surface area contributed by atoms with E-state index in [0.717, 1.165) is 42.9 Å². The predicted octanol–water partition coefficient (Wildman–Crippen LogP) is 3.38. The number of aliphatic hydroxyl groups excluding tert-OH is 1. The van der Waals surface area contributed by atoms with Gasteiger partial charge in [-0.1, -0.05) is 18.2 Å². The van der Waals surface area contributed by atoms with Crippen LogP contribution in [0.5, 0.6) is 5.75 Å². The molecule has 24 heavy (non-hydrogen) atoms. The van der Waals surface area contributed by atoms with E-state index in [1.165, 1.54) is 5.01 Å². The lowest BCUT2D eigenvalue weighted by molar-refractivity contribution is 0.0592. The van der Waals surface area contributed by atoms with Crippen molar-refractivity contribution in [1.82, 2.24) is 9.88 Å². The van der Waals surface area contributed by atoms with Crippen molar-refractivity contribution in [2.24, 2.45) is 0 Å². The fourth-order valence-corrected chi connectivity index (χ4v) is 4.15. The topological polar surface area (TPSA) is 45.6 Å². The molecule has 4 nitrogen and oxygen atoms in total. The Morgan fingerprint density at radius 2 is 2.04 bits per heavy atom. The van der Waals surface area contributed by atoms with E-state index in [0.29, 0.717) is 19.1 Å². The highest BCUT2D eigenvalue weighted by Gasteiger charge is 2.24. The number of benzene rings is 1. The lowest BCUT2D eigenvalue weighted by Crippen LogP contribution is -2.40. The van der Waals surface area contributed by atoms with Crippen molar-refractivity contribution in [2.45, 2.75) is 38.7 Å². The normalized spacial score (nSPS) is 17.8. The van der Waals surface area contributed by atoms with Crippen LogP contribution in [0.2, 0.25) is 0 Å². The summed E-state index contributed by atoms with van der Waals surface area (Å²) in [5.41, 5.74) is 2.23. The summed E-state index contributed by atoms with van der Waals surface area (Å²) in [4.78, 5) is 6.96. The van der Waals surface area contributed by atoms with Gasteiger partial charge in [0, 0.05) is 23.5 Å². The van der Waals surface area contributed by atoms with Crippen LogP contribution in [0.25, 0.3) is 0 Å². The van der Waals surface area contributed by atoms with Gasteiger partial charge in [0.1, 0.15) is 18.5 Å². The van der Waals surface area contributed by atoms with E-state index in [1.807, 2.05) is 31.2 Å². The molecular formula is C19H26N2O2S. The van der Waals surface area contributed by atoms with Crippen LogP contribution in [0.3, 0.4) is 0 Å². The van der Waals surface area contributed by atoms with Crippen molar-refractivity contribution in [2.75, 3.05) is 26.2 Å². The molecule has 1 unspecified atom stereocenters. The second-order valence-electron chi connectivity index (χ2n) is 6.63. The monoisotopic (exact) mass is 346 g/mol. The van der Waals surface area contributed by atoms with E-state index in [-0.39, 0.29) is 0 Å². The third-order valence-corrected chi connectivity index (χ3v) is 5.69. The standard InChI is InChI=1S/C19H26N2O2S/c1-14-5-3-4-6-18(14)23-12-17(22)11-21-9-7-16(8-10-21)19-20-15(2)13-24-19/h3-6,13,16-17,22H,7-12H2,1-2H3. The smallest absolute Gasteiger partial charge is 0.122 e. The minimum absolute atomic E-state index is 0.344. The second kappa shape index (κ2) is 8.10. The molecule has 2 aromatic rings. The van der Waals surface area contributed by atoms with Crippen LogP contribution in [0.4, 0.5) is 0 Å². The minimum Gasteiger partial charge on any atom is -0.491 e. The Balaban J connectivity index is 1.41. The first-order valence-electron chi connectivity index (χ1n) is 8.62. The summed E-state index contributed by atoms with van der Waals surface area (Å²) in [5.74, 6) is 1.44. The van der Waals surface area contributed by atoms with Gasteiger partial charge < -0.3 is 14.7 Å². The molecule has 5 heteroatoms. The van der Waals surface area contributed by atoms with Crippen LogP contribution in [-0.2, 0) is 0 Å². The van der Waals surface area contributed by atoms with Crippen LogP contribution in [0, 0.1) is 13.8 Å². The van der Waals surface area contributed by atoms with E-state index in [4.69, 9.17) is 4.74 Å². The molecule has 1 fully saturated rings. The minimum atomic E-state index is -0.455. The number of piperidine rings is 1. The zero-order valence-electron chi connectivity index (χ0n) is 14.4. The van der Waals surface area contributed by atoms with Crippen LogP contribution in [0.1, 0.15) is 35.0 Å². The summed E-state index contributed by atoms with van der Waals surface area (Å²) in [6.07, 6.45) is 1.79. The number of hydrogen-bond acceptors (Lipinski definition) is 5. The molecule has 0 amide bonds. The Bertz CT molecular complexity index is 650. The van der Waals surface area contributed by atoms with E-state index in [1.54, 1.807) is 11.3 Å². The first-order chi connectivity index (χ1) is 11.6. The maximum absolute atomic E-state index is 10.3. The molecule has 0 radical (unpaired) electrons. The van der Waals surface area contributed by atoms with Gasteiger partial charge in [-0.2, -0.15) is 0 Å². The fraction of sp³-hybridized carbons (Fsp3) is 0.526. The van der Waals surface area contributed by atoms with E-state index in [9.17, 15) is 5.11 Å². The number of β-amino-alcohol motifs (C(OH)–C–C–N with tert-alkyl or cyclic N) is 1. The van der Waals surface area contributed by atoms with Crippen LogP contribution < -0.4 is 4.74 Å². The number of ether oxygens (including phenoxy) is 1. The van der Waals surface area contributed by atoms with Gasteiger partial charge >= 0.3 is 0 Å². The third-order valence-electron chi connectivity index (χ3n) is 4.57. The second-order valence-corrected chi connectivity index (χ2v) is 7.52. The van der Waals surface area contributed by atoms with Crippen molar-refractivity contribution < 1.29 is 9.84 Å². The zero-order chi connectivity index (χ0) is 16.9. The van der Waals surface area contributed by atoms with Crippen molar-refractivity contribution in [3.63, 3.8) is 0 Å². The molecule has 1 atom stereocenters. The van der Waals surface area contributed by atoms with Crippen molar-refractivity contribution in [1.29, 1.82) is 0 Å². The highest BCUT2D eigenvalue weighted by Crippen LogP contribution is 2.30. The molecule has 1 aromatic carbocycles. The highest BCUT2D eigenvalue weighted by molar-refractivity contribution is 7.09. The predicted molar refractivity (Wildman–Crippen MR) is 97.9 cm³/mol. The lowest BCUT2D eigenvalue weighted by Gasteiger charge is -2.32. The summed E-state index contributed by atoms with van der Waals surface area (Å²) in [5, 5.41) is 13.7. The Hall–Kier alpha value is -1.43. The highest BCUT2D eigenvalue weighted by atomic mass is 32.1. The van der Waals surface area contributed by atoms with E-state index < -0.39 is 6.10 Å². The first kappa shape index (κ1) is 17.4. The largest absolute Gasteiger partial charge is 0.491 e. The van der Waals surface area contributed by atoms with E-state index in [2.05, 4.69) is 22.2 Å². The maximum Gasteiger partial charge on any atom is 0.122 e. The van der Waals surface area contributed by atoms with Gasteiger partial charge in [0.05, 0.1) is 5.01 Å². The molecule has 1 aliphatic rings. The van der Waals surface area contributed by atoms with Crippen molar-refractivity contribution in [3.05, 3.63) is 45.9 Å². The average Bonchev–Trinajstić information content (AvgIpc) is 3.01. The van der Waals surface area contributed by atoms with Gasteiger partial charge in [0.2, 0.25) is 0 Å². The number of thiazole rings is 1. The zero-order valence-corrected chi connectivity index (χ0v) is 15.3. The number of para-hydroxylation sites is 1. The molecule has 2 heterocycles. The summed E-state index contributed by atoms with van der Waals surface area (Å²) in [6, 6.07) is 7.92. The summed E-state index contributed by atoms with van der Waals surface area (Å²) in [7, 11) is 0. The molecule has 1 aliphatic heterocycles. The summed E-state index contributed by atoms with van der Waals surface area (Å²) in [6.45, 7) is 7.13. The Kier molecular flexibility index (Phi) is 5.87. The van der Waals surface area contributed by atoms with Gasteiger partial charge in [-0.25, -0.2) is 4.98 Å². The van der Waals surface area contributed by atoms with Gasteiger partial charge in [-0.15, -0.1) is 11.3 Å². The number of likely N-dealkylation sites (tertiary alicyclic amines) is 1. The van der Waals surface area contributed by atoms with Gasteiger partial charge in [0.25, 0.3) is 0 Å². The van der Waals surface area contributed by atoms with Gasteiger partial charge in [-0.05, 0) is 51.4 Å². The lowest BCUT2D eigenvalue weighted by atomic mass is 9.97. The Labute approximate surface area is 148 Å². The summed E-state index contributed by atoms with van der Waals surface area (Å²) >= 11 is 1.78. The number of aromatic nitrogens is 1. The number of rotatable bonds is 6. The quantitative estimate of drug-likeness (QED) is 0.871. The molecule has 130 valence electrons. The Morgan fingerprint density at radius 1 is 1.29 bits per heavy atom. The third kappa shape index (κ3) is 4.56. The van der Waals surface area contributed by atoms with Crippen molar-refractivity contribution >= 4 is 11.3 Å². The van der Waals surface area contributed by atoms with Crippen LogP contribution >= 0.6 is 11.3 Å².